The lowest BCUT2D eigenvalue weighted by Crippen LogP contribution is -2.57. The molecule has 1 saturated heterocycles. The smallest absolute Gasteiger partial charge is 0.245 e. The number of carbonyl (C=O) groups excluding carboxylic acids is 2. The van der Waals surface area contributed by atoms with Gasteiger partial charge in [0.1, 0.15) is 11.6 Å². The minimum absolute atomic E-state index is 0.0311. The molecule has 0 spiro atoms. The second-order valence-corrected chi connectivity index (χ2v) is 7.22. The van der Waals surface area contributed by atoms with E-state index < -0.39 is 11.4 Å². The third-order valence-corrected chi connectivity index (χ3v) is 5.25. The van der Waals surface area contributed by atoms with Crippen LogP contribution in [0.25, 0.3) is 0 Å². The van der Waals surface area contributed by atoms with Gasteiger partial charge in [0.25, 0.3) is 0 Å². The zero-order valence-corrected chi connectivity index (χ0v) is 15.7. The molecule has 0 bridgehead atoms. The highest BCUT2D eigenvalue weighted by Gasteiger charge is 2.45. The third kappa shape index (κ3) is 4.87. The number of carbonyl (C=O) groups is 2. The summed E-state index contributed by atoms with van der Waals surface area (Å²) >= 11 is 0. The summed E-state index contributed by atoms with van der Waals surface area (Å²) in [7, 11) is 0. The molecule has 0 radical (unpaired) electrons. The minimum atomic E-state index is -0.878. The molecular weight excluding hydrogens is 326 g/mol. The van der Waals surface area contributed by atoms with Crippen LogP contribution < -0.4 is 11.1 Å². The maximum absolute atomic E-state index is 13.2. The van der Waals surface area contributed by atoms with Gasteiger partial charge >= 0.3 is 0 Å². The van der Waals surface area contributed by atoms with Gasteiger partial charge < -0.3 is 16.0 Å². The molecule has 3 N–H and O–H groups in total. The highest BCUT2D eigenvalue weighted by molar-refractivity contribution is 5.93. The van der Waals surface area contributed by atoms with E-state index in [1.807, 2.05) is 36.4 Å². The molecule has 1 aliphatic rings. The number of benzene rings is 1. The number of allylic oxidation sites excluding steroid dienone is 1. The van der Waals surface area contributed by atoms with Crippen molar-refractivity contribution in [3.05, 3.63) is 43.0 Å². The molecule has 0 saturated carbocycles. The summed E-state index contributed by atoms with van der Waals surface area (Å²) in [6, 6.07) is 9.39. The van der Waals surface area contributed by atoms with Crippen molar-refractivity contribution in [3.8, 4) is 0 Å². The monoisotopic (exact) mass is 357 g/mol. The topological polar surface area (TPSA) is 75.4 Å². The van der Waals surface area contributed by atoms with Gasteiger partial charge in [0, 0.05) is 12.2 Å². The lowest BCUT2D eigenvalue weighted by molar-refractivity contribution is -0.143. The Morgan fingerprint density at radius 3 is 2.69 bits per heavy atom. The summed E-state index contributed by atoms with van der Waals surface area (Å²) in [5.74, 6) is -0.454. The van der Waals surface area contributed by atoms with Crippen LogP contribution in [-0.2, 0) is 9.59 Å². The van der Waals surface area contributed by atoms with Crippen molar-refractivity contribution >= 4 is 17.5 Å². The van der Waals surface area contributed by atoms with Gasteiger partial charge in [0.2, 0.25) is 11.8 Å². The highest BCUT2D eigenvalue weighted by atomic mass is 16.2. The van der Waals surface area contributed by atoms with Gasteiger partial charge in [0.15, 0.2) is 0 Å². The second kappa shape index (κ2) is 9.41. The number of anilines is 1. The fraction of sp³-hybridized carbons (Fsp3) is 0.524. The lowest BCUT2D eigenvalue weighted by Gasteiger charge is -2.35. The van der Waals surface area contributed by atoms with Crippen LogP contribution in [0.5, 0.6) is 0 Å². The number of nitrogens with one attached hydrogen (secondary N) is 1. The Kier molecular flexibility index (Phi) is 7.25. The molecule has 142 valence electrons. The number of para-hydroxylation sites is 1. The summed E-state index contributed by atoms with van der Waals surface area (Å²) in [5, 5.41) is 3.36. The van der Waals surface area contributed by atoms with Gasteiger partial charge in [-0.3, -0.25) is 9.59 Å². The normalized spacial score (nSPS) is 20.6. The lowest BCUT2D eigenvalue weighted by atomic mass is 9.96. The predicted molar refractivity (Wildman–Crippen MR) is 106 cm³/mol. The van der Waals surface area contributed by atoms with Gasteiger partial charge in [-0.15, -0.1) is 6.58 Å². The average Bonchev–Trinajstić information content (AvgIpc) is 3.04. The van der Waals surface area contributed by atoms with Gasteiger partial charge in [0.05, 0.1) is 0 Å². The molecule has 2 rings (SSSR count). The van der Waals surface area contributed by atoms with Crippen LogP contribution in [0.1, 0.15) is 51.9 Å². The molecule has 2 atom stereocenters. The summed E-state index contributed by atoms with van der Waals surface area (Å²) in [5.41, 5.74) is 5.64. The second-order valence-electron chi connectivity index (χ2n) is 7.22. The molecule has 1 aromatic carbocycles. The summed E-state index contributed by atoms with van der Waals surface area (Å²) < 4.78 is 0. The van der Waals surface area contributed by atoms with Crippen LogP contribution in [0.3, 0.4) is 0 Å². The summed E-state index contributed by atoms with van der Waals surface area (Å²) in [6.07, 6.45) is 8.18. The van der Waals surface area contributed by atoms with Crippen molar-refractivity contribution in [2.45, 2.75) is 63.5 Å². The maximum atomic E-state index is 13.2. The van der Waals surface area contributed by atoms with Crippen LogP contribution >= 0.6 is 0 Å². The largest absolute Gasteiger partial charge is 0.374 e. The van der Waals surface area contributed by atoms with Gasteiger partial charge in [-0.1, -0.05) is 37.1 Å². The molecule has 26 heavy (non-hydrogen) atoms. The molecule has 0 aromatic heterocycles. The van der Waals surface area contributed by atoms with Crippen molar-refractivity contribution in [2.24, 2.45) is 5.73 Å². The Balaban J connectivity index is 2.09. The first-order valence-corrected chi connectivity index (χ1v) is 9.53. The SMILES string of the molecule is C=CCCCCC[C@H](Nc1ccccc1)C(=O)N1CCC[C@@]1(C)C(N)=O. The number of nitrogens with two attached hydrogens (primary N) is 1. The first-order chi connectivity index (χ1) is 12.5. The number of likely N-dealkylation sites (tertiary alicyclic amines) is 1. The van der Waals surface area contributed by atoms with Crippen molar-refractivity contribution in [3.63, 3.8) is 0 Å². The van der Waals surface area contributed by atoms with Gasteiger partial charge in [-0.25, -0.2) is 0 Å². The Morgan fingerprint density at radius 1 is 1.31 bits per heavy atom. The van der Waals surface area contributed by atoms with E-state index in [9.17, 15) is 9.59 Å². The van der Waals surface area contributed by atoms with E-state index in [1.165, 1.54) is 0 Å². The van der Waals surface area contributed by atoms with Crippen molar-refractivity contribution in [1.82, 2.24) is 4.90 Å². The quantitative estimate of drug-likeness (QED) is 0.497. The average molecular weight is 357 g/mol. The number of unbranched alkanes of at least 4 members (excludes halogenated alkanes) is 3. The molecule has 1 heterocycles. The first-order valence-electron chi connectivity index (χ1n) is 9.53. The third-order valence-electron chi connectivity index (χ3n) is 5.25. The van der Waals surface area contributed by atoms with E-state index in [2.05, 4.69) is 11.9 Å². The fourth-order valence-electron chi connectivity index (χ4n) is 3.57. The van der Waals surface area contributed by atoms with Crippen LogP contribution in [-0.4, -0.2) is 34.8 Å². The number of rotatable bonds is 10. The van der Waals surface area contributed by atoms with E-state index in [1.54, 1.807) is 11.8 Å². The van der Waals surface area contributed by atoms with Crippen LogP contribution in [0, 0.1) is 0 Å². The molecule has 5 nitrogen and oxygen atoms in total. The maximum Gasteiger partial charge on any atom is 0.245 e. The number of amides is 2. The zero-order chi connectivity index (χ0) is 19.0. The van der Waals surface area contributed by atoms with E-state index in [4.69, 9.17) is 5.73 Å². The van der Waals surface area contributed by atoms with Crippen molar-refractivity contribution < 1.29 is 9.59 Å². The first kappa shape index (κ1) is 20.0. The van der Waals surface area contributed by atoms with Crippen molar-refractivity contribution in [2.75, 3.05) is 11.9 Å². The molecule has 1 aromatic rings. The van der Waals surface area contributed by atoms with E-state index in [0.29, 0.717) is 13.0 Å². The van der Waals surface area contributed by atoms with Gasteiger partial charge in [-0.05, 0) is 51.2 Å². The van der Waals surface area contributed by atoms with E-state index in [0.717, 1.165) is 44.2 Å². The molecule has 0 unspecified atom stereocenters. The fourth-order valence-corrected chi connectivity index (χ4v) is 3.57. The Hall–Kier alpha value is -2.30. The van der Waals surface area contributed by atoms with Crippen LogP contribution in [0.4, 0.5) is 5.69 Å². The molecule has 2 amide bonds. The number of hydrogen-bond donors (Lipinski definition) is 2. The Morgan fingerprint density at radius 2 is 2.04 bits per heavy atom. The Bertz CT molecular complexity index is 617. The van der Waals surface area contributed by atoms with Crippen LogP contribution in [0.2, 0.25) is 0 Å². The predicted octanol–water partition coefficient (Wildman–Crippen LogP) is 3.47. The minimum Gasteiger partial charge on any atom is -0.374 e. The number of primary amides is 1. The number of nitrogens with zero attached hydrogens (tertiary/aromatic N) is 1. The number of hydrogen-bond acceptors (Lipinski definition) is 3. The highest BCUT2D eigenvalue weighted by Crippen LogP contribution is 2.30. The summed E-state index contributed by atoms with van der Waals surface area (Å²) in [4.78, 5) is 26.9. The molecule has 1 aliphatic heterocycles. The standard InChI is InChI=1S/C21H31N3O2/c1-3-4-5-6-10-14-18(23-17-12-8-7-9-13-17)19(25)24-16-11-15-21(24,2)20(22)26/h3,7-9,12-13,18,23H,1,4-6,10-11,14-16H2,2H3,(H2,22,26)/t18-,21-/m0/s1. The Labute approximate surface area is 156 Å². The zero-order valence-electron chi connectivity index (χ0n) is 15.7. The van der Waals surface area contributed by atoms with E-state index >= 15 is 0 Å². The molecular formula is C21H31N3O2. The molecule has 1 fully saturated rings. The van der Waals surface area contributed by atoms with E-state index in [-0.39, 0.29) is 11.9 Å². The van der Waals surface area contributed by atoms with Gasteiger partial charge in [-0.2, -0.15) is 0 Å². The van der Waals surface area contributed by atoms with Crippen molar-refractivity contribution in [1.29, 1.82) is 0 Å². The molecule has 5 heteroatoms. The van der Waals surface area contributed by atoms with Crippen LogP contribution in [0.15, 0.2) is 43.0 Å². The molecule has 0 aliphatic carbocycles. The summed E-state index contributed by atoms with van der Waals surface area (Å²) in [6.45, 7) is 6.11.